The minimum Gasteiger partial charge on any atom is -0.434 e. The highest BCUT2D eigenvalue weighted by Crippen LogP contribution is 2.13. The van der Waals surface area contributed by atoms with E-state index in [4.69, 9.17) is 9.47 Å². The first-order valence-electron chi connectivity index (χ1n) is 7.10. The molecule has 0 spiro atoms. The molecule has 1 heterocycles. The van der Waals surface area contributed by atoms with Crippen LogP contribution in [0, 0.1) is 0 Å². The number of carbonyl (C=O) groups is 1. The molecule has 110 valence electrons. The van der Waals surface area contributed by atoms with Crippen molar-refractivity contribution in [2.45, 2.75) is 19.8 Å². The monoisotopic (exact) mass is 285 g/mol. The van der Waals surface area contributed by atoms with Gasteiger partial charge in [-0.25, -0.2) is 4.79 Å². The summed E-state index contributed by atoms with van der Waals surface area (Å²) >= 11 is 0. The minimum absolute atomic E-state index is 0.192. The summed E-state index contributed by atoms with van der Waals surface area (Å²) < 4.78 is 9.81. The summed E-state index contributed by atoms with van der Waals surface area (Å²) in [6, 6.07) is 9.97. The highest BCUT2D eigenvalue weighted by atomic mass is 16.7. The molecule has 1 aromatic carbocycles. The molecule has 0 fully saturated rings. The van der Waals surface area contributed by atoms with Crippen molar-refractivity contribution in [2.24, 2.45) is 0 Å². The number of para-hydroxylation sites is 1. The number of aromatic nitrogens is 1. The zero-order valence-electron chi connectivity index (χ0n) is 12.1. The average molecular weight is 285 g/mol. The second kappa shape index (κ2) is 8.04. The topological polar surface area (TPSA) is 48.4 Å². The maximum atomic E-state index is 11.2. The molecule has 21 heavy (non-hydrogen) atoms. The maximum Gasteiger partial charge on any atom is 0.508 e. The fourth-order valence-corrected chi connectivity index (χ4v) is 1.82. The van der Waals surface area contributed by atoms with Crippen molar-refractivity contribution in [3.63, 3.8) is 0 Å². The van der Waals surface area contributed by atoms with Gasteiger partial charge in [0.1, 0.15) is 6.61 Å². The number of benzene rings is 1. The number of hydrogen-bond donors (Lipinski definition) is 0. The highest BCUT2D eigenvalue weighted by Gasteiger charge is 2.00. The number of fused-ring (bicyclic) bond motifs is 1. The standard InChI is InChI=1S/C17H19NO3/c1-2-3-10-20-17(19)21-11-6-7-14-12-15-8-4-5-9-16(15)18-13-14/h4-9,12-13H,2-3,10-11H2,1H3. The number of carbonyl (C=O) groups excluding carboxylic acids is 1. The zero-order valence-corrected chi connectivity index (χ0v) is 12.1. The van der Waals surface area contributed by atoms with E-state index >= 15 is 0 Å². The Balaban J connectivity index is 1.81. The Morgan fingerprint density at radius 3 is 3.00 bits per heavy atom. The van der Waals surface area contributed by atoms with Crippen LogP contribution in [0.5, 0.6) is 0 Å². The van der Waals surface area contributed by atoms with Crippen LogP contribution in [0.1, 0.15) is 25.3 Å². The van der Waals surface area contributed by atoms with Gasteiger partial charge in [-0.05, 0) is 30.2 Å². The van der Waals surface area contributed by atoms with Gasteiger partial charge in [0.05, 0.1) is 12.1 Å². The van der Waals surface area contributed by atoms with Gasteiger partial charge in [-0.3, -0.25) is 4.98 Å². The third kappa shape index (κ3) is 4.91. The molecule has 2 aromatic rings. The molecule has 0 aliphatic carbocycles. The van der Waals surface area contributed by atoms with Crippen molar-refractivity contribution in [1.82, 2.24) is 4.98 Å². The zero-order chi connectivity index (χ0) is 14.9. The van der Waals surface area contributed by atoms with Crippen LogP contribution in [0.25, 0.3) is 17.0 Å². The van der Waals surface area contributed by atoms with Crippen molar-refractivity contribution in [3.05, 3.63) is 48.2 Å². The first-order valence-corrected chi connectivity index (χ1v) is 7.10. The van der Waals surface area contributed by atoms with E-state index < -0.39 is 6.16 Å². The van der Waals surface area contributed by atoms with E-state index in [1.54, 1.807) is 12.3 Å². The Labute approximate surface area is 124 Å². The van der Waals surface area contributed by atoms with Crippen LogP contribution in [0.4, 0.5) is 4.79 Å². The summed E-state index contributed by atoms with van der Waals surface area (Å²) in [6.07, 6.45) is 6.66. The van der Waals surface area contributed by atoms with Gasteiger partial charge in [0.15, 0.2) is 0 Å². The third-order valence-corrected chi connectivity index (χ3v) is 2.94. The predicted molar refractivity (Wildman–Crippen MR) is 83.0 cm³/mol. The van der Waals surface area contributed by atoms with Gasteiger partial charge in [-0.2, -0.15) is 0 Å². The molecule has 0 saturated carbocycles. The van der Waals surface area contributed by atoms with Crippen LogP contribution in [-0.4, -0.2) is 24.4 Å². The van der Waals surface area contributed by atoms with Crippen LogP contribution in [-0.2, 0) is 9.47 Å². The second-order valence-corrected chi connectivity index (χ2v) is 4.63. The SMILES string of the molecule is CCCCOC(=O)OCC=Cc1cnc2ccccc2c1. The van der Waals surface area contributed by atoms with Crippen LogP contribution >= 0.6 is 0 Å². The Morgan fingerprint density at radius 1 is 1.29 bits per heavy atom. The summed E-state index contributed by atoms with van der Waals surface area (Å²) in [5.41, 5.74) is 1.93. The van der Waals surface area contributed by atoms with E-state index in [1.807, 2.05) is 43.3 Å². The highest BCUT2D eigenvalue weighted by molar-refractivity contribution is 5.80. The van der Waals surface area contributed by atoms with Crippen molar-refractivity contribution >= 4 is 23.1 Å². The Morgan fingerprint density at radius 2 is 2.14 bits per heavy atom. The summed E-state index contributed by atoms with van der Waals surface area (Å²) in [6.45, 7) is 2.64. The number of unbranched alkanes of at least 4 members (excludes halogenated alkanes) is 1. The van der Waals surface area contributed by atoms with E-state index in [-0.39, 0.29) is 6.61 Å². The van der Waals surface area contributed by atoms with Crippen molar-refractivity contribution in [1.29, 1.82) is 0 Å². The van der Waals surface area contributed by atoms with Crippen molar-refractivity contribution in [3.8, 4) is 0 Å². The van der Waals surface area contributed by atoms with Crippen molar-refractivity contribution < 1.29 is 14.3 Å². The van der Waals surface area contributed by atoms with Crippen LogP contribution in [0.2, 0.25) is 0 Å². The summed E-state index contributed by atoms with van der Waals surface area (Å²) in [7, 11) is 0. The molecule has 0 saturated heterocycles. The molecule has 4 nitrogen and oxygen atoms in total. The molecule has 0 radical (unpaired) electrons. The molecule has 1 aromatic heterocycles. The van der Waals surface area contributed by atoms with Crippen LogP contribution in [0.15, 0.2) is 42.6 Å². The van der Waals surface area contributed by atoms with Gasteiger partial charge in [0.2, 0.25) is 0 Å². The molecular formula is C17H19NO3. The number of hydrogen-bond acceptors (Lipinski definition) is 4. The van der Waals surface area contributed by atoms with Gasteiger partial charge in [0, 0.05) is 11.6 Å². The lowest BCUT2D eigenvalue weighted by atomic mass is 10.1. The smallest absolute Gasteiger partial charge is 0.434 e. The Bertz CT molecular complexity index is 622. The molecule has 2 rings (SSSR count). The fraction of sp³-hybridized carbons (Fsp3) is 0.294. The molecule has 0 N–H and O–H groups in total. The number of pyridine rings is 1. The van der Waals surface area contributed by atoms with Gasteiger partial charge in [-0.1, -0.05) is 37.6 Å². The van der Waals surface area contributed by atoms with Crippen LogP contribution < -0.4 is 0 Å². The molecule has 0 aliphatic heterocycles. The van der Waals surface area contributed by atoms with E-state index in [9.17, 15) is 4.79 Å². The molecule has 0 aliphatic rings. The van der Waals surface area contributed by atoms with E-state index in [0.29, 0.717) is 6.61 Å². The van der Waals surface area contributed by atoms with E-state index in [0.717, 1.165) is 29.3 Å². The summed E-state index contributed by atoms with van der Waals surface area (Å²) in [4.78, 5) is 15.6. The van der Waals surface area contributed by atoms with Gasteiger partial charge >= 0.3 is 6.16 Å². The Kier molecular flexibility index (Phi) is 5.76. The molecule has 0 unspecified atom stereocenters. The molecule has 0 amide bonds. The first-order chi connectivity index (χ1) is 10.3. The lowest BCUT2D eigenvalue weighted by Gasteiger charge is -2.03. The fourth-order valence-electron chi connectivity index (χ4n) is 1.82. The lowest BCUT2D eigenvalue weighted by molar-refractivity contribution is 0.0624. The van der Waals surface area contributed by atoms with Gasteiger partial charge < -0.3 is 9.47 Å². The summed E-state index contributed by atoms with van der Waals surface area (Å²) in [5.74, 6) is 0. The third-order valence-electron chi connectivity index (χ3n) is 2.94. The average Bonchev–Trinajstić information content (AvgIpc) is 2.52. The quantitative estimate of drug-likeness (QED) is 0.589. The number of ether oxygens (including phenoxy) is 2. The second-order valence-electron chi connectivity index (χ2n) is 4.63. The van der Waals surface area contributed by atoms with Gasteiger partial charge in [-0.15, -0.1) is 0 Å². The summed E-state index contributed by atoms with van der Waals surface area (Å²) in [5, 5.41) is 1.08. The largest absolute Gasteiger partial charge is 0.508 e. The first kappa shape index (κ1) is 15.0. The molecule has 4 heteroatoms. The molecule has 0 atom stereocenters. The normalized spacial score (nSPS) is 10.9. The van der Waals surface area contributed by atoms with E-state index in [1.165, 1.54) is 0 Å². The van der Waals surface area contributed by atoms with Crippen LogP contribution in [0.3, 0.4) is 0 Å². The molecular weight excluding hydrogens is 266 g/mol. The van der Waals surface area contributed by atoms with Gasteiger partial charge in [0.25, 0.3) is 0 Å². The predicted octanol–water partition coefficient (Wildman–Crippen LogP) is 4.20. The number of rotatable bonds is 6. The number of nitrogens with zero attached hydrogens (tertiary/aromatic N) is 1. The van der Waals surface area contributed by atoms with Crippen molar-refractivity contribution in [2.75, 3.05) is 13.2 Å². The molecule has 0 bridgehead atoms. The lowest BCUT2D eigenvalue weighted by Crippen LogP contribution is -2.08. The van der Waals surface area contributed by atoms with E-state index in [2.05, 4.69) is 4.98 Å². The minimum atomic E-state index is -0.621. The Hall–Kier alpha value is -2.36. The maximum absolute atomic E-state index is 11.2.